The molecule has 0 saturated heterocycles. The third-order valence-corrected chi connectivity index (χ3v) is 2.46. The number of rotatable bonds is 4. The van der Waals surface area contributed by atoms with E-state index in [9.17, 15) is 4.79 Å². The van der Waals surface area contributed by atoms with Gasteiger partial charge < -0.3 is 15.8 Å². The predicted octanol–water partition coefficient (Wildman–Crippen LogP) is 2.27. The number of hydrogen-bond donors (Lipinski definition) is 2. The van der Waals surface area contributed by atoms with E-state index in [-0.39, 0.29) is 5.97 Å². The Bertz CT molecular complexity index is 377. The fourth-order valence-electron chi connectivity index (χ4n) is 1.33. The zero-order valence-corrected chi connectivity index (χ0v) is 9.91. The Balaban J connectivity index is 3.02. The number of benzene rings is 1. The Morgan fingerprint density at radius 3 is 2.81 bits per heavy atom. The molecule has 0 fully saturated rings. The van der Waals surface area contributed by atoms with E-state index in [1.54, 1.807) is 18.2 Å². The molecule has 1 unspecified atom stereocenters. The van der Waals surface area contributed by atoms with Gasteiger partial charge in [0, 0.05) is 17.4 Å². The third kappa shape index (κ3) is 2.89. The van der Waals surface area contributed by atoms with Gasteiger partial charge in [0.2, 0.25) is 0 Å². The average molecular weight is 222 g/mol. The molecule has 0 aliphatic rings. The summed E-state index contributed by atoms with van der Waals surface area (Å²) in [4.78, 5) is 11.5. The fraction of sp³-hybridized carbons (Fsp3) is 0.417. The predicted molar refractivity (Wildman–Crippen MR) is 65.6 cm³/mol. The molecule has 0 amide bonds. The van der Waals surface area contributed by atoms with Crippen molar-refractivity contribution in [2.75, 3.05) is 18.2 Å². The molecule has 4 heteroatoms. The normalized spacial score (nSPS) is 11.9. The molecule has 0 aliphatic carbocycles. The monoisotopic (exact) mass is 222 g/mol. The smallest absolute Gasteiger partial charge is 0.340 e. The minimum absolute atomic E-state index is 0.298. The van der Waals surface area contributed by atoms with Crippen LogP contribution in [-0.4, -0.2) is 19.1 Å². The molecule has 0 bridgehead atoms. The van der Waals surface area contributed by atoms with Gasteiger partial charge in [-0.2, -0.15) is 0 Å². The maximum absolute atomic E-state index is 11.5. The summed E-state index contributed by atoms with van der Waals surface area (Å²) in [5.74, 6) is -0.377. The van der Waals surface area contributed by atoms with Crippen LogP contribution in [0.1, 0.15) is 30.6 Å². The van der Waals surface area contributed by atoms with Gasteiger partial charge >= 0.3 is 5.97 Å². The summed E-state index contributed by atoms with van der Waals surface area (Å²) in [5.41, 5.74) is 7.43. The molecule has 0 aliphatic heterocycles. The first-order chi connectivity index (χ1) is 7.58. The third-order valence-electron chi connectivity index (χ3n) is 2.46. The van der Waals surface area contributed by atoms with Gasteiger partial charge in [0.1, 0.15) is 0 Å². The van der Waals surface area contributed by atoms with Crippen molar-refractivity contribution in [3.8, 4) is 0 Å². The number of hydrogen-bond acceptors (Lipinski definition) is 4. The highest BCUT2D eigenvalue weighted by Crippen LogP contribution is 2.21. The first kappa shape index (κ1) is 12.4. The van der Waals surface area contributed by atoms with Gasteiger partial charge in [0.15, 0.2) is 0 Å². The number of ether oxygens (including phenoxy) is 1. The van der Waals surface area contributed by atoms with E-state index < -0.39 is 0 Å². The number of anilines is 2. The number of nitrogens with one attached hydrogen (secondary N) is 1. The Labute approximate surface area is 95.8 Å². The summed E-state index contributed by atoms with van der Waals surface area (Å²) in [5, 5.41) is 3.25. The molecule has 1 rings (SSSR count). The van der Waals surface area contributed by atoms with Crippen LogP contribution in [0.5, 0.6) is 0 Å². The van der Waals surface area contributed by atoms with Crippen LogP contribution in [-0.2, 0) is 4.74 Å². The molecule has 1 aromatic carbocycles. The van der Waals surface area contributed by atoms with Crippen molar-refractivity contribution in [2.24, 2.45) is 0 Å². The maximum atomic E-state index is 11.5. The minimum Gasteiger partial charge on any atom is -0.465 e. The number of nitrogen functional groups attached to an aromatic ring is 1. The lowest BCUT2D eigenvalue weighted by atomic mass is 10.1. The van der Waals surface area contributed by atoms with E-state index in [0.717, 1.165) is 12.1 Å². The molecule has 1 aromatic rings. The zero-order valence-electron chi connectivity index (χ0n) is 9.91. The molecule has 1 atom stereocenters. The van der Waals surface area contributed by atoms with Crippen molar-refractivity contribution >= 4 is 17.3 Å². The number of esters is 1. The van der Waals surface area contributed by atoms with Gasteiger partial charge in [-0.25, -0.2) is 4.79 Å². The first-order valence-electron chi connectivity index (χ1n) is 5.32. The molecule has 3 N–H and O–H groups in total. The van der Waals surface area contributed by atoms with Crippen LogP contribution in [0.25, 0.3) is 0 Å². The highest BCUT2D eigenvalue weighted by atomic mass is 16.5. The van der Waals surface area contributed by atoms with E-state index in [2.05, 4.69) is 19.2 Å². The van der Waals surface area contributed by atoms with Gasteiger partial charge in [0.25, 0.3) is 0 Å². The molecule has 16 heavy (non-hydrogen) atoms. The Hall–Kier alpha value is -1.71. The fourth-order valence-corrected chi connectivity index (χ4v) is 1.33. The van der Waals surface area contributed by atoms with Crippen LogP contribution in [0.2, 0.25) is 0 Å². The van der Waals surface area contributed by atoms with Crippen molar-refractivity contribution in [2.45, 2.75) is 26.3 Å². The quantitative estimate of drug-likeness (QED) is 0.606. The molecular weight excluding hydrogens is 204 g/mol. The van der Waals surface area contributed by atoms with E-state index >= 15 is 0 Å². The first-order valence-corrected chi connectivity index (χ1v) is 5.32. The van der Waals surface area contributed by atoms with Crippen molar-refractivity contribution < 1.29 is 9.53 Å². The van der Waals surface area contributed by atoms with Crippen LogP contribution >= 0.6 is 0 Å². The van der Waals surface area contributed by atoms with Gasteiger partial charge in [-0.3, -0.25) is 0 Å². The minimum atomic E-state index is -0.377. The van der Waals surface area contributed by atoms with Crippen LogP contribution in [0.3, 0.4) is 0 Å². The second-order valence-electron chi connectivity index (χ2n) is 3.75. The highest BCUT2D eigenvalue weighted by Gasteiger charge is 2.13. The molecule has 0 aromatic heterocycles. The van der Waals surface area contributed by atoms with Gasteiger partial charge in [-0.1, -0.05) is 6.92 Å². The number of nitrogens with two attached hydrogens (primary N) is 1. The van der Waals surface area contributed by atoms with E-state index in [0.29, 0.717) is 17.3 Å². The molecule has 0 saturated carbocycles. The number of carbonyl (C=O) groups excluding carboxylic acids is 1. The summed E-state index contributed by atoms with van der Waals surface area (Å²) in [6.45, 7) is 4.13. The van der Waals surface area contributed by atoms with Gasteiger partial charge in [0.05, 0.1) is 12.7 Å². The SMILES string of the molecule is CCC(C)Nc1ccc(N)cc1C(=O)OC. The van der Waals surface area contributed by atoms with E-state index in [1.807, 2.05) is 0 Å². The number of methoxy groups -OCH3 is 1. The summed E-state index contributed by atoms with van der Waals surface area (Å²) in [7, 11) is 1.36. The topological polar surface area (TPSA) is 64.3 Å². The molecular formula is C12H18N2O2. The highest BCUT2D eigenvalue weighted by molar-refractivity contribution is 5.96. The number of carbonyl (C=O) groups is 1. The van der Waals surface area contributed by atoms with Crippen LogP contribution in [0, 0.1) is 0 Å². The van der Waals surface area contributed by atoms with Crippen LogP contribution in [0.15, 0.2) is 18.2 Å². The Kier molecular flexibility index (Phi) is 4.17. The Morgan fingerprint density at radius 2 is 2.25 bits per heavy atom. The largest absolute Gasteiger partial charge is 0.465 e. The van der Waals surface area contributed by atoms with Crippen molar-refractivity contribution in [3.05, 3.63) is 23.8 Å². The second kappa shape index (κ2) is 5.39. The van der Waals surface area contributed by atoms with Crippen LogP contribution in [0.4, 0.5) is 11.4 Å². The molecule has 0 heterocycles. The summed E-state index contributed by atoms with van der Waals surface area (Å²) < 4.78 is 4.71. The van der Waals surface area contributed by atoms with Gasteiger partial charge in [-0.05, 0) is 31.5 Å². The van der Waals surface area contributed by atoms with Crippen molar-refractivity contribution in [3.63, 3.8) is 0 Å². The summed E-state index contributed by atoms with van der Waals surface area (Å²) >= 11 is 0. The molecule has 0 radical (unpaired) electrons. The van der Waals surface area contributed by atoms with Crippen molar-refractivity contribution in [1.82, 2.24) is 0 Å². The Morgan fingerprint density at radius 1 is 1.56 bits per heavy atom. The van der Waals surface area contributed by atoms with Gasteiger partial charge in [-0.15, -0.1) is 0 Å². The maximum Gasteiger partial charge on any atom is 0.340 e. The lowest BCUT2D eigenvalue weighted by molar-refractivity contribution is 0.0602. The average Bonchev–Trinajstić information content (AvgIpc) is 2.30. The molecule has 4 nitrogen and oxygen atoms in total. The zero-order chi connectivity index (χ0) is 12.1. The summed E-state index contributed by atoms with van der Waals surface area (Å²) in [6, 6.07) is 5.48. The van der Waals surface area contributed by atoms with E-state index in [1.165, 1.54) is 7.11 Å². The standard InChI is InChI=1S/C12H18N2O2/c1-4-8(2)14-11-6-5-9(13)7-10(11)12(15)16-3/h5-8,14H,4,13H2,1-3H3. The molecule has 88 valence electrons. The molecule has 0 spiro atoms. The van der Waals surface area contributed by atoms with Crippen molar-refractivity contribution in [1.29, 1.82) is 0 Å². The second-order valence-corrected chi connectivity index (χ2v) is 3.75. The van der Waals surface area contributed by atoms with E-state index in [4.69, 9.17) is 10.5 Å². The summed E-state index contributed by atoms with van der Waals surface area (Å²) in [6.07, 6.45) is 0.977. The van der Waals surface area contributed by atoms with Crippen LogP contribution < -0.4 is 11.1 Å². The lowest BCUT2D eigenvalue weighted by Crippen LogP contribution is -2.16. The lowest BCUT2D eigenvalue weighted by Gasteiger charge is -2.16.